The van der Waals surface area contributed by atoms with E-state index in [9.17, 15) is 22.8 Å². The van der Waals surface area contributed by atoms with E-state index in [1.54, 1.807) is 13.0 Å². The Kier molecular flexibility index (Phi) is 4.71. The first-order chi connectivity index (χ1) is 12.7. The maximum atomic E-state index is 12.3. The van der Waals surface area contributed by atoms with E-state index in [2.05, 4.69) is 5.32 Å². The number of nitrogens with one attached hydrogen (secondary N) is 1. The fraction of sp³-hybridized carbons (Fsp3) is 0.167. The van der Waals surface area contributed by atoms with Crippen molar-refractivity contribution in [3.8, 4) is 0 Å². The topological polar surface area (TPSA) is 121 Å². The number of carbonyl (C=O) groups is 3. The summed E-state index contributed by atoms with van der Waals surface area (Å²) in [5.74, 6) is -2.96. The van der Waals surface area contributed by atoms with Crippen molar-refractivity contribution in [1.82, 2.24) is 0 Å². The minimum Gasteiger partial charge on any atom is -0.478 e. The van der Waals surface area contributed by atoms with Gasteiger partial charge in [0.25, 0.3) is 5.91 Å². The van der Waals surface area contributed by atoms with Crippen molar-refractivity contribution in [3.63, 3.8) is 0 Å². The minimum absolute atomic E-state index is 0.0371. The Morgan fingerprint density at radius 2 is 1.78 bits per heavy atom. The molecule has 1 fully saturated rings. The number of hydrogen-bond acceptors (Lipinski definition) is 5. The highest BCUT2D eigenvalue weighted by Gasteiger charge is 2.41. The lowest BCUT2D eigenvalue weighted by Crippen LogP contribution is -2.30. The maximum Gasteiger partial charge on any atom is 0.335 e. The van der Waals surface area contributed by atoms with Crippen LogP contribution in [0.15, 0.2) is 48.5 Å². The summed E-state index contributed by atoms with van der Waals surface area (Å²) >= 11 is 0. The molecule has 2 aromatic rings. The van der Waals surface area contributed by atoms with E-state index in [0.717, 1.165) is 4.31 Å². The second-order valence-corrected chi connectivity index (χ2v) is 8.03. The summed E-state index contributed by atoms with van der Waals surface area (Å²) in [6.07, 6.45) is 0. The molecule has 0 bridgehead atoms. The van der Waals surface area contributed by atoms with Gasteiger partial charge < -0.3 is 10.4 Å². The molecule has 1 atom stereocenters. The van der Waals surface area contributed by atoms with Gasteiger partial charge in [0, 0.05) is 11.3 Å². The van der Waals surface area contributed by atoms with Gasteiger partial charge in [-0.05, 0) is 42.5 Å². The van der Waals surface area contributed by atoms with Crippen molar-refractivity contribution in [2.45, 2.75) is 6.92 Å². The zero-order valence-electron chi connectivity index (χ0n) is 14.2. The number of aromatic carboxylic acids is 1. The number of amides is 2. The average Bonchev–Trinajstić information content (AvgIpc) is 2.82. The molecule has 1 heterocycles. The first-order valence-corrected chi connectivity index (χ1v) is 9.61. The Labute approximate surface area is 155 Å². The molecule has 8 nitrogen and oxygen atoms in total. The van der Waals surface area contributed by atoms with Crippen LogP contribution in [0.25, 0.3) is 0 Å². The molecule has 2 aromatic carbocycles. The summed E-state index contributed by atoms with van der Waals surface area (Å²) in [7, 11) is -3.71. The molecule has 9 heteroatoms. The minimum atomic E-state index is -3.71. The number of carboxylic acid groups (broad SMARTS) is 1. The molecule has 27 heavy (non-hydrogen) atoms. The summed E-state index contributed by atoms with van der Waals surface area (Å²) in [6.45, 7) is 1.55. The van der Waals surface area contributed by atoms with Crippen LogP contribution in [0.1, 0.15) is 27.6 Å². The van der Waals surface area contributed by atoms with Crippen molar-refractivity contribution in [1.29, 1.82) is 0 Å². The van der Waals surface area contributed by atoms with Gasteiger partial charge in [0.15, 0.2) is 0 Å². The number of carboxylic acids is 1. The molecule has 140 valence electrons. The largest absolute Gasteiger partial charge is 0.478 e. The number of anilines is 2. The zero-order chi connectivity index (χ0) is 19.8. The van der Waals surface area contributed by atoms with Crippen molar-refractivity contribution in [2.75, 3.05) is 15.4 Å². The van der Waals surface area contributed by atoms with Gasteiger partial charge >= 0.3 is 5.97 Å². The van der Waals surface area contributed by atoms with Gasteiger partial charge in [-0.2, -0.15) is 0 Å². The van der Waals surface area contributed by atoms with Gasteiger partial charge in [0.1, 0.15) is 0 Å². The van der Waals surface area contributed by atoms with Crippen LogP contribution >= 0.6 is 0 Å². The molecule has 3 rings (SSSR count). The third-order valence-corrected chi connectivity index (χ3v) is 5.96. The zero-order valence-corrected chi connectivity index (χ0v) is 15.1. The van der Waals surface area contributed by atoms with Gasteiger partial charge in [-0.25, -0.2) is 17.5 Å². The van der Waals surface area contributed by atoms with Crippen molar-refractivity contribution in [2.24, 2.45) is 5.92 Å². The van der Waals surface area contributed by atoms with E-state index in [4.69, 9.17) is 5.11 Å². The Morgan fingerprint density at radius 1 is 1.11 bits per heavy atom. The third-order valence-electron chi connectivity index (χ3n) is 4.09. The fourth-order valence-corrected chi connectivity index (χ4v) is 4.59. The van der Waals surface area contributed by atoms with Crippen LogP contribution in [0.5, 0.6) is 0 Å². The molecule has 2 N–H and O–H groups in total. The maximum absolute atomic E-state index is 12.3. The summed E-state index contributed by atoms with van der Waals surface area (Å²) in [4.78, 5) is 35.4. The predicted octanol–water partition coefficient (Wildman–Crippen LogP) is 1.95. The van der Waals surface area contributed by atoms with Crippen LogP contribution in [0.4, 0.5) is 11.4 Å². The van der Waals surface area contributed by atoms with Gasteiger partial charge in [-0.3, -0.25) is 9.59 Å². The summed E-state index contributed by atoms with van der Waals surface area (Å²) in [5.41, 5.74) is 0.760. The Morgan fingerprint density at radius 3 is 2.33 bits per heavy atom. The number of hydrogen-bond donors (Lipinski definition) is 2. The Bertz CT molecular complexity index is 1030. The van der Waals surface area contributed by atoms with Crippen molar-refractivity contribution < 1.29 is 27.9 Å². The second-order valence-electron chi connectivity index (χ2n) is 6.17. The normalized spacial score (nSPS) is 18.3. The molecule has 1 aliphatic rings. The van der Waals surface area contributed by atoms with Crippen LogP contribution in [0, 0.1) is 5.92 Å². The summed E-state index contributed by atoms with van der Waals surface area (Å²) in [5, 5.41) is 11.6. The van der Waals surface area contributed by atoms with E-state index in [0.29, 0.717) is 5.69 Å². The molecule has 0 saturated carbocycles. The highest BCUT2D eigenvalue weighted by atomic mass is 32.2. The quantitative estimate of drug-likeness (QED) is 0.826. The standard InChI is InChI=1S/C18H16N2O6S/c1-11-10-27(25,26)20(17(11)22)15-7-5-12(6-8-15)16(21)19-14-4-2-3-13(9-14)18(23)24/h2-9,11H,10H2,1H3,(H,19,21)(H,23,24). The van der Waals surface area contributed by atoms with E-state index in [-0.39, 0.29) is 22.6 Å². The lowest BCUT2D eigenvalue weighted by molar-refractivity contribution is -0.119. The molecular weight excluding hydrogens is 372 g/mol. The Hall–Kier alpha value is -3.20. The average molecular weight is 388 g/mol. The first-order valence-electron chi connectivity index (χ1n) is 8.00. The molecule has 0 aromatic heterocycles. The molecule has 1 saturated heterocycles. The van der Waals surface area contributed by atoms with Gasteiger partial charge in [-0.1, -0.05) is 13.0 Å². The fourth-order valence-electron chi connectivity index (χ4n) is 2.77. The van der Waals surface area contributed by atoms with Gasteiger partial charge in [0.2, 0.25) is 15.9 Å². The number of nitrogens with zero attached hydrogens (tertiary/aromatic N) is 1. The van der Waals surface area contributed by atoms with E-state index in [1.165, 1.54) is 42.5 Å². The SMILES string of the molecule is CC1CS(=O)(=O)N(c2ccc(C(=O)Nc3cccc(C(=O)O)c3)cc2)C1=O. The number of rotatable bonds is 4. The van der Waals surface area contributed by atoms with Crippen LogP contribution in [0.3, 0.4) is 0 Å². The second kappa shape index (κ2) is 6.84. The van der Waals surface area contributed by atoms with Crippen LogP contribution in [-0.2, 0) is 14.8 Å². The molecule has 0 radical (unpaired) electrons. The summed E-state index contributed by atoms with van der Waals surface area (Å²) < 4.78 is 25.0. The van der Waals surface area contributed by atoms with E-state index >= 15 is 0 Å². The monoisotopic (exact) mass is 388 g/mol. The first kappa shape index (κ1) is 18.6. The predicted molar refractivity (Wildman–Crippen MR) is 98.2 cm³/mol. The number of carbonyl (C=O) groups excluding carboxylic acids is 2. The van der Waals surface area contributed by atoms with E-state index in [1.807, 2.05) is 0 Å². The van der Waals surface area contributed by atoms with Crippen molar-refractivity contribution in [3.05, 3.63) is 59.7 Å². The van der Waals surface area contributed by atoms with Gasteiger partial charge in [0.05, 0.1) is 22.9 Å². The van der Waals surface area contributed by atoms with Crippen LogP contribution < -0.4 is 9.62 Å². The Balaban J connectivity index is 1.79. The lowest BCUT2D eigenvalue weighted by Gasteiger charge is -2.15. The van der Waals surface area contributed by atoms with E-state index < -0.39 is 33.7 Å². The van der Waals surface area contributed by atoms with Crippen LogP contribution in [-0.4, -0.2) is 37.1 Å². The molecule has 0 spiro atoms. The summed E-state index contributed by atoms with van der Waals surface area (Å²) in [6, 6.07) is 11.4. The highest BCUT2D eigenvalue weighted by Crippen LogP contribution is 2.28. The van der Waals surface area contributed by atoms with Crippen LogP contribution in [0.2, 0.25) is 0 Å². The number of benzene rings is 2. The van der Waals surface area contributed by atoms with Crippen molar-refractivity contribution >= 4 is 39.2 Å². The molecule has 2 amide bonds. The molecule has 1 unspecified atom stereocenters. The smallest absolute Gasteiger partial charge is 0.335 e. The van der Waals surface area contributed by atoms with Gasteiger partial charge in [-0.15, -0.1) is 0 Å². The lowest BCUT2D eigenvalue weighted by atomic mass is 10.1. The highest BCUT2D eigenvalue weighted by molar-refractivity contribution is 7.94. The number of sulfonamides is 1. The molecule has 1 aliphatic heterocycles. The third kappa shape index (κ3) is 3.68. The molecule has 0 aliphatic carbocycles. The molecular formula is C18H16N2O6S.